The van der Waals surface area contributed by atoms with E-state index in [9.17, 15) is 40.9 Å². The highest BCUT2D eigenvalue weighted by atomic mass is 16.7. The van der Waals surface area contributed by atoms with Crippen LogP contribution in [0.5, 0.6) is 0 Å². The minimum absolute atomic E-state index is 0.0361. The second-order valence-corrected chi connectivity index (χ2v) is 21.7. The zero-order valence-corrected chi connectivity index (χ0v) is 36.9. The van der Waals surface area contributed by atoms with Gasteiger partial charge in [-0.1, -0.05) is 39.3 Å². The van der Waals surface area contributed by atoms with E-state index in [1.165, 1.54) is 31.8 Å². The van der Waals surface area contributed by atoms with Gasteiger partial charge in [0.2, 0.25) is 0 Å². The van der Waals surface area contributed by atoms with Crippen molar-refractivity contribution in [2.75, 3.05) is 13.2 Å². The van der Waals surface area contributed by atoms with E-state index in [1.54, 1.807) is 6.92 Å². The van der Waals surface area contributed by atoms with Crippen molar-refractivity contribution in [2.45, 2.75) is 210 Å². The van der Waals surface area contributed by atoms with Crippen molar-refractivity contribution in [3.05, 3.63) is 11.6 Å². The molecule has 0 amide bonds. The summed E-state index contributed by atoms with van der Waals surface area (Å²) in [5.74, 6) is 2.82. The minimum atomic E-state index is -1.65. The maximum Gasteiger partial charge on any atom is 0.187 e. The van der Waals surface area contributed by atoms with Gasteiger partial charge in [-0.25, -0.2) is 0 Å². The molecule has 4 heterocycles. The van der Waals surface area contributed by atoms with Crippen molar-refractivity contribution in [3.8, 4) is 0 Å². The highest BCUT2D eigenvalue weighted by Crippen LogP contribution is 2.70. The lowest BCUT2D eigenvalue weighted by Crippen LogP contribution is -2.64. The van der Waals surface area contributed by atoms with Crippen molar-refractivity contribution in [1.29, 1.82) is 0 Å². The molecule has 4 saturated heterocycles. The van der Waals surface area contributed by atoms with Crippen LogP contribution in [0.3, 0.4) is 0 Å². The van der Waals surface area contributed by atoms with Gasteiger partial charge in [0.1, 0.15) is 54.6 Å². The number of piperidine rings is 1. The quantitative estimate of drug-likeness (QED) is 0.165. The fraction of sp³-hybridized carbons (Fsp3) is 0.957. The molecule has 0 bridgehead atoms. The van der Waals surface area contributed by atoms with Crippen LogP contribution in [-0.2, 0) is 28.4 Å². The number of fused-ring (bicyclic) bond motifs is 7. The fourth-order valence-corrected chi connectivity index (χ4v) is 14.7. The zero-order chi connectivity index (χ0) is 43.5. The van der Waals surface area contributed by atoms with E-state index in [1.807, 2.05) is 0 Å². The largest absolute Gasteiger partial charge is 0.396 e. The van der Waals surface area contributed by atoms with Crippen LogP contribution in [0.15, 0.2) is 11.6 Å². The van der Waals surface area contributed by atoms with Crippen LogP contribution in [0.25, 0.3) is 0 Å². The highest BCUT2D eigenvalue weighted by Gasteiger charge is 2.68. The van der Waals surface area contributed by atoms with Crippen LogP contribution in [0.2, 0.25) is 0 Å². The summed E-state index contributed by atoms with van der Waals surface area (Å²) in [6.45, 7) is 13.5. The Morgan fingerprint density at radius 3 is 2.00 bits per heavy atom. The van der Waals surface area contributed by atoms with Gasteiger partial charge in [0.15, 0.2) is 12.6 Å². The molecule has 9 N–H and O–H groups in total. The van der Waals surface area contributed by atoms with Crippen molar-refractivity contribution in [1.82, 2.24) is 5.32 Å². The zero-order valence-electron chi connectivity index (χ0n) is 36.9. The molecule has 15 heteroatoms. The van der Waals surface area contributed by atoms with E-state index in [0.717, 1.165) is 38.6 Å². The van der Waals surface area contributed by atoms with Gasteiger partial charge in [0.25, 0.3) is 0 Å². The third-order valence-corrected chi connectivity index (χ3v) is 18.4. The molecule has 0 aromatic carbocycles. The molecule has 348 valence electrons. The molecule has 4 saturated carbocycles. The molecule has 4 aliphatic heterocycles. The van der Waals surface area contributed by atoms with Crippen molar-refractivity contribution in [3.63, 3.8) is 0 Å². The summed E-state index contributed by atoms with van der Waals surface area (Å²) in [7, 11) is 0. The van der Waals surface area contributed by atoms with Crippen LogP contribution in [-0.4, -0.2) is 158 Å². The van der Waals surface area contributed by atoms with Crippen LogP contribution in [0.1, 0.15) is 106 Å². The van der Waals surface area contributed by atoms with Gasteiger partial charge in [-0.3, -0.25) is 5.32 Å². The Hall–Kier alpha value is -0.860. The average molecular weight is 866 g/mol. The van der Waals surface area contributed by atoms with E-state index in [0.29, 0.717) is 48.0 Å². The first kappa shape index (κ1) is 45.3. The lowest BCUT2D eigenvalue weighted by molar-refractivity contribution is -0.350. The Morgan fingerprint density at radius 1 is 0.721 bits per heavy atom. The number of ether oxygens (including phenoxy) is 6. The van der Waals surface area contributed by atoms with Crippen molar-refractivity contribution >= 4 is 0 Å². The molecule has 9 aliphatic rings. The maximum absolute atomic E-state index is 12.1. The summed E-state index contributed by atoms with van der Waals surface area (Å²) in [6, 6.07) is 0. The van der Waals surface area contributed by atoms with Gasteiger partial charge in [-0.05, 0) is 118 Å². The Morgan fingerprint density at radius 2 is 1.38 bits per heavy atom. The topological polar surface area (TPSA) is 229 Å². The van der Waals surface area contributed by atoms with E-state index in [-0.39, 0.29) is 29.1 Å². The van der Waals surface area contributed by atoms with Gasteiger partial charge in [0.05, 0.1) is 36.6 Å². The predicted molar refractivity (Wildman–Crippen MR) is 218 cm³/mol. The highest BCUT2D eigenvalue weighted by molar-refractivity contribution is 5.27. The Kier molecular flexibility index (Phi) is 12.5. The van der Waals surface area contributed by atoms with Gasteiger partial charge in [0, 0.05) is 25.0 Å². The maximum atomic E-state index is 12.1. The first-order valence-electron chi connectivity index (χ1n) is 23.7. The lowest BCUT2D eigenvalue weighted by Gasteiger charge is -2.59. The van der Waals surface area contributed by atoms with Crippen molar-refractivity contribution < 1.29 is 69.3 Å². The van der Waals surface area contributed by atoms with E-state index >= 15 is 0 Å². The second-order valence-electron chi connectivity index (χ2n) is 21.7. The van der Waals surface area contributed by atoms with Crippen LogP contribution in [0, 0.1) is 52.3 Å². The SMILES string of the molecule is CC1OC(OC2C(CO)CC(OC3CCC4(C)C(=CCC5C4CCC4(C)C5CC5OC6(CC[C@@H](C)CN6)[C@@H](C)C54)C3)C(OC3OC(C)C(O)C(O)C3O)C2O)C(O)C(O)C1O. The molecule has 5 aliphatic carbocycles. The van der Waals surface area contributed by atoms with E-state index in [2.05, 4.69) is 39.1 Å². The van der Waals surface area contributed by atoms with Crippen LogP contribution < -0.4 is 5.32 Å². The predicted octanol–water partition coefficient (Wildman–Crippen LogP) is 1.48. The van der Waals surface area contributed by atoms with Gasteiger partial charge >= 0.3 is 0 Å². The van der Waals surface area contributed by atoms with Crippen LogP contribution >= 0.6 is 0 Å². The molecule has 61 heavy (non-hydrogen) atoms. The van der Waals surface area contributed by atoms with E-state index in [4.69, 9.17) is 28.4 Å². The summed E-state index contributed by atoms with van der Waals surface area (Å²) in [5.41, 5.74) is 1.53. The first-order valence-corrected chi connectivity index (χ1v) is 23.7. The Balaban J connectivity index is 0.916. The molecular formula is C46H75NO14. The Labute approximate surface area is 360 Å². The molecule has 8 fully saturated rings. The minimum Gasteiger partial charge on any atom is -0.396 e. The third kappa shape index (κ3) is 7.44. The number of hydrogen-bond acceptors (Lipinski definition) is 15. The summed E-state index contributed by atoms with van der Waals surface area (Å²) >= 11 is 0. The molecular weight excluding hydrogens is 790 g/mol. The number of hydrogen-bond donors (Lipinski definition) is 9. The van der Waals surface area contributed by atoms with Gasteiger partial charge < -0.3 is 69.3 Å². The molecule has 0 aromatic rings. The molecule has 26 atom stereocenters. The molecule has 1 spiro atoms. The summed E-state index contributed by atoms with van der Waals surface area (Å²) in [6.07, 6.45) is -6.48. The standard InChI is InChI=1S/C46H75NO14/c1-20-9-14-46(47-18-20)21(2)32-30(61-46)17-29-27-8-7-25-16-26(10-12-44(25,5)28(27)11-13-45(29,32)6)58-31-15-24(19-48)40(59-42-37(53)35(51)33(49)22(3)56-42)39(55)41(31)60-43-38(54)36(52)34(50)23(4)57-43/h7,20-24,26-43,47-55H,8-19H2,1-6H3/t20-,21+,22?,23?,24?,26?,27?,28?,29?,30?,31?,32?,33?,34?,35?,36?,37?,38?,39?,40?,41?,42?,43?,44?,45?,46?/m1/s1. The second kappa shape index (κ2) is 16.8. The monoisotopic (exact) mass is 866 g/mol. The van der Waals surface area contributed by atoms with Gasteiger partial charge in [-0.15, -0.1) is 0 Å². The lowest BCUT2D eigenvalue weighted by atomic mass is 9.47. The fourth-order valence-electron chi connectivity index (χ4n) is 14.7. The van der Waals surface area contributed by atoms with Gasteiger partial charge in [-0.2, -0.15) is 0 Å². The molecule has 9 rings (SSSR count). The average Bonchev–Trinajstić information content (AvgIpc) is 3.69. The number of aliphatic hydroxyl groups excluding tert-OH is 8. The van der Waals surface area contributed by atoms with Crippen molar-refractivity contribution in [2.24, 2.45) is 52.3 Å². The smallest absolute Gasteiger partial charge is 0.187 e. The summed E-state index contributed by atoms with van der Waals surface area (Å²) in [4.78, 5) is 0. The number of rotatable bonds is 7. The van der Waals surface area contributed by atoms with Crippen LogP contribution in [0.4, 0.5) is 0 Å². The summed E-state index contributed by atoms with van der Waals surface area (Å²) < 4.78 is 38.0. The number of allylic oxidation sites excluding steroid dienone is 1. The Bertz CT molecular complexity index is 1600. The number of aliphatic hydroxyl groups is 8. The molecule has 15 nitrogen and oxygen atoms in total. The normalized spacial score (nSPS) is 58.4. The number of nitrogens with one attached hydrogen (secondary N) is 1. The molecule has 24 unspecified atom stereocenters. The first-order chi connectivity index (χ1) is 28.9. The molecule has 0 aromatic heterocycles. The molecule has 0 radical (unpaired) electrons. The van der Waals surface area contributed by atoms with E-state index < -0.39 is 98.4 Å². The third-order valence-electron chi connectivity index (χ3n) is 18.4. The summed E-state index contributed by atoms with van der Waals surface area (Å²) in [5, 5.41) is 90.2.